The summed E-state index contributed by atoms with van der Waals surface area (Å²) in [6, 6.07) is 12.7. The molecule has 0 spiro atoms. The Labute approximate surface area is 172 Å². The molecule has 2 N–H and O–H groups in total. The van der Waals surface area contributed by atoms with Crippen LogP contribution >= 0.6 is 0 Å². The molecule has 1 heterocycles. The summed E-state index contributed by atoms with van der Waals surface area (Å²) in [6.07, 6.45) is 0. The molecule has 0 bridgehead atoms. The van der Waals surface area contributed by atoms with Crippen molar-refractivity contribution in [2.75, 3.05) is 45.2 Å². The standard InChI is InChI=1S/C21H27N3O4S/c1-16-8-9-17(2)20(14-16)29(26,27)24-12-10-23(11-13-24)15-21(25)22-18-6-4-5-7-19(18)28-3/h4-9,14H,10-13,15H2,1-3H3,(H,22,25)/p+1. The number of carbonyl (C=O) groups is 1. The highest BCUT2D eigenvalue weighted by molar-refractivity contribution is 7.89. The smallest absolute Gasteiger partial charge is 0.279 e. The van der Waals surface area contributed by atoms with Crippen LogP contribution in [0.15, 0.2) is 47.4 Å². The first-order valence-electron chi connectivity index (χ1n) is 9.65. The summed E-state index contributed by atoms with van der Waals surface area (Å²) in [5.41, 5.74) is 2.31. The maximum atomic E-state index is 13.0. The summed E-state index contributed by atoms with van der Waals surface area (Å²) in [5.74, 6) is 0.496. The van der Waals surface area contributed by atoms with Crippen molar-refractivity contribution < 1.29 is 22.8 Å². The molecule has 1 aliphatic rings. The Morgan fingerprint density at radius 3 is 2.52 bits per heavy atom. The molecule has 1 aliphatic heterocycles. The lowest BCUT2D eigenvalue weighted by Gasteiger charge is -2.31. The van der Waals surface area contributed by atoms with Gasteiger partial charge in [-0.15, -0.1) is 0 Å². The number of hydrogen-bond acceptors (Lipinski definition) is 4. The van der Waals surface area contributed by atoms with Gasteiger partial charge < -0.3 is 15.0 Å². The summed E-state index contributed by atoms with van der Waals surface area (Å²) >= 11 is 0. The first kappa shape index (κ1) is 21.3. The van der Waals surface area contributed by atoms with E-state index in [4.69, 9.17) is 4.74 Å². The highest BCUT2D eigenvalue weighted by Crippen LogP contribution is 2.23. The predicted molar refractivity (Wildman–Crippen MR) is 112 cm³/mol. The van der Waals surface area contributed by atoms with Gasteiger partial charge in [-0.05, 0) is 43.2 Å². The van der Waals surface area contributed by atoms with Crippen molar-refractivity contribution in [3.05, 3.63) is 53.6 Å². The zero-order chi connectivity index (χ0) is 21.0. The fourth-order valence-corrected chi connectivity index (χ4v) is 5.26. The number of nitrogens with zero attached hydrogens (tertiary/aromatic N) is 1. The Bertz CT molecular complexity index is 983. The lowest BCUT2D eigenvalue weighted by Crippen LogP contribution is -3.15. The number of sulfonamides is 1. The van der Waals surface area contributed by atoms with E-state index in [1.165, 1.54) is 4.31 Å². The van der Waals surface area contributed by atoms with Crippen molar-refractivity contribution >= 4 is 21.6 Å². The van der Waals surface area contributed by atoms with Crippen molar-refractivity contribution in [1.29, 1.82) is 0 Å². The van der Waals surface area contributed by atoms with Gasteiger partial charge in [0.25, 0.3) is 5.91 Å². The van der Waals surface area contributed by atoms with E-state index in [1.54, 1.807) is 25.3 Å². The van der Waals surface area contributed by atoms with E-state index in [0.717, 1.165) is 16.0 Å². The van der Waals surface area contributed by atoms with E-state index in [2.05, 4.69) is 5.32 Å². The van der Waals surface area contributed by atoms with Crippen LogP contribution < -0.4 is 15.0 Å². The lowest BCUT2D eigenvalue weighted by molar-refractivity contribution is -0.895. The number of hydrogen-bond donors (Lipinski definition) is 2. The molecule has 1 saturated heterocycles. The number of methoxy groups -OCH3 is 1. The molecular weight excluding hydrogens is 390 g/mol. The van der Waals surface area contributed by atoms with Crippen LogP contribution in [0.1, 0.15) is 11.1 Å². The van der Waals surface area contributed by atoms with Crippen molar-refractivity contribution in [1.82, 2.24) is 4.31 Å². The number of ether oxygens (including phenoxy) is 1. The number of piperazine rings is 1. The van der Waals surface area contributed by atoms with Gasteiger partial charge in [-0.3, -0.25) is 4.79 Å². The molecule has 0 aromatic heterocycles. The number of amides is 1. The molecule has 1 fully saturated rings. The maximum absolute atomic E-state index is 13.0. The molecule has 8 heteroatoms. The number of aryl methyl sites for hydroxylation is 2. The van der Waals surface area contributed by atoms with Crippen LogP contribution in [0.3, 0.4) is 0 Å². The third kappa shape index (κ3) is 4.95. The van der Waals surface area contributed by atoms with Gasteiger partial charge in [-0.2, -0.15) is 4.31 Å². The van der Waals surface area contributed by atoms with Gasteiger partial charge in [-0.25, -0.2) is 8.42 Å². The second-order valence-corrected chi connectivity index (χ2v) is 9.25. The fourth-order valence-electron chi connectivity index (χ4n) is 3.51. The van der Waals surface area contributed by atoms with Crippen LogP contribution in [0.2, 0.25) is 0 Å². The van der Waals surface area contributed by atoms with E-state index < -0.39 is 10.0 Å². The van der Waals surface area contributed by atoms with Crippen LogP contribution in [0.5, 0.6) is 5.75 Å². The first-order valence-corrected chi connectivity index (χ1v) is 11.1. The minimum Gasteiger partial charge on any atom is -0.495 e. The molecular formula is C21H28N3O4S+. The van der Waals surface area contributed by atoms with Crippen LogP contribution in [0.4, 0.5) is 5.69 Å². The average molecular weight is 419 g/mol. The van der Waals surface area contributed by atoms with E-state index in [0.29, 0.717) is 42.5 Å². The predicted octanol–water partition coefficient (Wildman–Crippen LogP) is 0.840. The van der Waals surface area contributed by atoms with Crippen LogP contribution in [0.25, 0.3) is 0 Å². The minimum atomic E-state index is -3.52. The van der Waals surface area contributed by atoms with Gasteiger partial charge in [0.2, 0.25) is 10.0 Å². The molecule has 156 valence electrons. The van der Waals surface area contributed by atoms with Crippen LogP contribution in [-0.2, 0) is 14.8 Å². The number of rotatable bonds is 6. The molecule has 0 saturated carbocycles. The summed E-state index contributed by atoms with van der Waals surface area (Å²) in [7, 11) is -1.96. The van der Waals surface area contributed by atoms with Crippen LogP contribution in [0, 0.1) is 13.8 Å². The van der Waals surface area contributed by atoms with Gasteiger partial charge >= 0.3 is 0 Å². The Morgan fingerprint density at radius 2 is 1.83 bits per heavy atom. The monoisotopic (exact) mass is 418 g/mol. The maximum Gasteiger partial charge on any atom is 0.279 e. The number of nitrogens with one attached hydrogen (secondary N) is 2. The zero-order valence-electron chi connectivity index (χ0n) is 17.1. The number of quaternary nitrogens is 1. The molecule has 29 heavy (non-hydrogen) atoms. The van der Waals surface area contributed by atoms with Crippen molar-refractivity contribution in [3.63, 3.8) is 0 Å². The van der Waals surface area contributed by atoms with Gasteiger partial charge in [-0.1, -0.05) is 24.3 Å². The molecule has 7 nitrogen and oxygen atoms in total. The third-order valence-corrected chi connectivity index (χ3v) is 7.22. The second-order valence-electron chi connectivity index (χ2n) is 7.35. The summed E-state index contributed by atoms with van der Waals surface area (Å²) in [5, 5.41) is 2.87. The number of benzene rings is 2. The molecule has 0 aliphatic carbocycles. The molecule has 1 amide bonds. The van der Waals surface area contributed by atoms with Crippen molar-refractivity contribution in [2.24, 2.45) is 0 Å². The molecule has 0 unspecified atom stereocenters. The summed E-state index contributed by atoms with van der Waals surface area (Å²) in [4.78, 5) is 13.8. The van der Waals surface area contributed by atoms with Gasteiger partial charge in [0.05, 0.1) is 43.9 Å². The molecule has 2 aromatic carbocycles. The lowest BCUT2D eigenvalue weighted by atomic mass is 10.2. The molecule has 0 radical (unpaired) electrons. The highest BCUT2D eigenvalue weighted by Gasteiger charge is 2.32. The van der Waals surface area contributed by atoms with E-state index in [9.17, 15) is 13.2 Å². The molecule has 0 atom stereocenters. The normalized spacial score (nSPS) is 15.8. The third-order valence-electron chi connectivity index (χ3n) is 5.18. The Morgan fingerprint density at radius 1 is 1.14 bits per heavy atom. The Hall–Kier alpha value is -2.42. The van der Waals surface area contributed by atoms with E-state index in [-0.39, 0.29) is 12.5 Å². The van der Waals surface area contributed by atoms with Crippen molar-refractivity contribution in [2.45, 2.75) is 18.7 Å². The molecule has 3 rings (SSSR count). The average Bonchev–Trinajstić information content (AvgIpc) is 2.70. The quantitative estimate of drug-likeness (QED) is 0.729. The van der Waals surface area contributed by atoms with Gasteiger partial charge in [0.15, 0.2) is 6.54 Å². The fraction of sp³-hybridized carbons (Fsp3) is 0.381. The minimum absolute atomic E-state index is 0.115. The highest BCUT2D eigenvalue weighted by atomic mass is 32.2. The first-order chi connectivity index (χ1) is 13.8. The van der Waals surface area contributed by atoms with Gasteiger partial charge in [0, 0.05) is 0 Å². The number of para-hydroxylation sites is 2. The van der Waals surface area contributed by atoms with Gasteiger partial charge in [0.1, 0.15) is 5.75 Å². The SMILES string of the molecule is COc1ccccc1NC(=O)C[NH+]1CCN(S(=O)(=O)c2cc(C)ccc2C)CC1. The Kier molecular flexibility index (Phi) is 6.56. The Balaban J connectivity index is 1.59. The number of carbonyl (C=O) groups excluding carboxylic acids is 1. The second kappa shape index (κ2) is 8.94. The van der Waals surface area contributed by atoms with Crippen LogP contribution in [-0.4, -0.2) is 58.5 Å². The van der Waals surface area contributed by atoms with E-state index >= 15 is 0 Å². The zero-order valence-corrected chi connectivity index (χ0v) is 17.9. The topological polar surface area (TPSA) is 80.2 Å². The summed E-state index contributed by atoms with van der Waals surface area (Å²) in [6.45, 7) is 5.96. The van der Waals surface area contributed by atoms with E-state index in [1.807, 2.05) is 38.1 Å². The van der Waals surface area contributed by atoms with Crippen molar-refractivity contribution in [3.8, 4) is 5.75 Å². The number of anilines is 1. The summed E-state index contributed by atoms with van der Waals surface area (Å²) < 4.78 is 32.8. The largest absolute Gasteiger partial charge is 0.495 e. The molecule has 2 aromatic rings.